The van der Waals surface area contributed by atoms with E-state index in [2.05, 4.69) is 64.3 Å². The second kappa shape index (κ2) is 4.99. The Hall–Kier alpha value is -0.840. The van der Waals surface area contributed by atoms with Gasteiger partial charge in [-0.05, 0) is 45.8 Å². The Kier molecular flexibility index (Phi) is 3.63. The lowest BCUT2D eigenvalue weighted by molar-refractivity contribution is 1.07. The van der Waals surface area contributed by atoms with Crippen molar-refractivity contribution in [1.29, 1.82) is 0 Å². The Morgan fingerprint density at radius 3 is 2.38 bits per heavy atom. The topological polar surface area (TPSA) is 29.3 Å². The van der Waals surface area contributed by atoms with E-state index in [0.717, 1.165) is 9.35 Å². The highest BCUT2D eigenvalue weighted by atomic mass is 79.9. The van der Waals surface area contributed by atoms with Crippen molar-refractivity contribution < 1.29 is 0 Å². The van der Waals surface area contributed by atoms with Crippen LogP contribution in [0.5, 0.6) is 0 Å². The molecular weight excluding hydrogens is 284 g/mol. The molecule has 2 rings (SSSR count). The first kappa shape index (κ1) is 11.6. The third-order valence-electron chi connectivity index (χ3n) is 2.45. The number of halogens is 1. The Bertz CT molecular complexity index is 464. The van der Waals surface area contributed by atoms with Crippen LogP contribution in [-0.4, -0.2) is 7.05 Å². The maximum Gasteiger partial charge on any atom is 0.0962 e. The van der Waals surface area contributed by atoms with E-state index < -0.39 is 0 Å². The van der Waals surface area contributed by atoms with Crippen molar-refractivity contribution in [2.45, 2.75) is 6.54 Å². The van der Waals surface area contributed by atoms with Gasteiger partial charge in [0.05, 0.1) is 8.79 Å². The van der Waals surface area contributed by atoms with Crippen LogP contribution in [-0.2, 0) is 6.54 Å². The van der Waals surface area contributed by atoms with E-state index in [9.17, 15) is 0 Å². The van der Waals surface area contributed by atoms with Gasteiger partial charge in [-0.15, -0.1) is 11.3 Å². The quantitative estimate of drug-likeness (QED) is 0.935. The summed E-state index contributed by atoms with van der Waals surface area (Å²) in [5.74, 6) is 0. The van der Waals surface area contributed by atoms with E-state index in [0.29, 0.717) is 6.54 Å². The molecule has 0 radical (unpaired) electrons. The zero-order valence-electron chi connectivity index (χ0n) is 8.98. The second-order valence-electron chi connectivity index (χ2n) is 3.51. The van der Waals surface area contributed by atoms with Crippen LogP contribution in [0.1, 0.15) is 5.56 Å². The van der Waals surface area contributed by atoms with Crippen LogP contribution in [0, 0.1) is 0 Å². The van der Waals surface area contributed by atoms with Gasteiger partial charge < -0.3 is 10.6 Å². The number of thiophene rings is 1. The van der Waals surface area contributed by atoms with Gasteiger partial charge in [-0.25, -0.2) is 0 Å². The van der Waals surface area contributed by atoms with Crippen LogP contribution in [0.15, 0.2) is 40.2 Å². The largest absolute Gasteiger partial charge is 0.336 e. The third kappa shape index (κ3) is 2.45. The summed E-state index contributed by atoms with van der Waals surface area (Å²) in [6.07, 6.45) is 0. The van der Waals surface area contributed by atoms with Crippen molar-refractivity contribution in [1.82, 2.24) is 0 Å². The monoisotopic (exact) mass is 296 g/mol. The van der Waals surface area contributed by atoms with Gasteiger partial charge in [0.2, 0.25) is 0 Å². The summed E-state index contributed by atoms with van der Waals surface area (Å²) >= 11 is 5.19. The molecule has 0 amide bonds. The number of hydrogen-bond donors (Lipinski definition) is 1. The van der Waals surface area contributed by atoms with Gasteiger partial charge in [-0.2, -0.15) is 0 Å². The van der Waals surface area contributed by atoms with Gasteiger partial charge >= 0.3 is 0 Å². The first-order valence-electron chi connectivity index (χ1n) is 4.99. The van der Waals surface area contributed by atoms with Crippen molar-refractivity contribution in [3.8, 4) is 0 Å². The maximum absolute atomic E-state index is 5.57. The fraction of sp³-hybridized carbons (Fsp3) is 0.167. The summed E-state index contributed by atoms with van der Waals surface area (Å²) in [6.45, 7) is 0.592. The molecule has 0 atom stereocenters. The Morgan fingerprint density at radius 2 is 1.88 bits per heavy atom. The minimum absolute atomic E-state index is 0.592. The van der Waals surface area contributed by atoms with Gasteiger partial charge in [0.15, 0.2) is 0 Å². The van der Waals surface area contributed by atoms with Gasteiger partial charge in [0, 0.05) is 19.3 Å². The van der Waals surface area contributed by atoms with Crippen LogP contribution in [0.2, 0.25) is 0 Å². The van der Waals surface area contributed by atoms with E-state index in [1.165, 1.54) is 10.7 Å². The van der Waals surface area contributed by atoms with E-state index in [1.54, 1.807) is 11.3 Å². The van der Waals surface area contributed by atoms with E-state index in [1.807, 2.05) is 0 Å². The lowest BCUT2D eigenvalue weighted by Gasteiger charge is -2.17. The molecular formula is C12H13BrN2S. The van der Waals surface area contributed by atoms with Crippen molar-refractivity contribution in [3.05, 3.63) is 45.7 Å². The molecule has 84 valence electrons. The molecule has 1 aromatic carbocycles. The molecule has 2 nitrogen and oxygen atoms in total. The smallest absolute Gasteiger partial charge is 0.0962 e. The van der Waals surface area contributed by atoms with Gasteiger partial charge in [0.25, 0.3) is 0 Å². The predicted octanol–water partition coefficient (Wildman–Crippen LogP) is 3.74. The molecule has 0 aliphatic rings. The third-order valence-corrected chi connectivity index (χ3v) is 4.15. The van der Waals surface area contributed by atoms with Crippen LogP contribution in [0.4, 0.5) is 10.7 Å². The molecule has 4 heteroatoms. The van der Waals surface area contributed by atoms with Crippen molar-refractivity contribution >= 4 is 38.0 Å². The number of benzene rings is 1. The standard InChI is InChI=1S/C12H13BrN2S/c1-15(12-7-6-11(13)16-12)10-4-2-9(8-14)3-5-10/h2-7H,8,14H2,1H3. The molecule has 0 saturated carbocycles. The van der Waals surface area contributed by atoms with Crippen LogP contribution in [0.3, 0.4) is 0 Å². The van der Waals surface area contributed by atoms with E-state index in [-0.39, 0.29) is 0 Å². The average molecular weight is 297 g/mol. The molecule has 0 spiro atoms. The highest BCUT2D eigenvalue weighted by Gasteiger charge is 2.05. The maximum atomic E-state index is 5.57. The molecule has 0 saturated heterocycles. The molecule has 1 heterocycles. The Labute approximate surface area is 108 Å². The summed E-state index contributed by atoms with van der Waals surface area (Å²) in [5.41, 5.74) is 7.90. The van der Waals surface area contributed by atoms with E-state index >= 15 is 0 Å². The molecule has 2 aromatic rings. The summed E-state index contributed by atoms with van der Waals surface area (Å²) in [7, 11) is 2.07. The Morgan fingerprint density at radius 1 is 1.19 bits per heavy atom. The number of hydrogen-bond acceptors (Lipinski definition) is 3. The normalized spacial score (nSPS) is 10.4. The van der Waals surface area contributed by atoms with Gasteiger partial charge in [-0.3, -0.25) is 0 Å². The minimum Gasteiger partial charge on any atom is -0.336 e. The van der Waals surface area contributed by atoms with Gasteiger partial charge in [0.1, 0.15) is 0 Å². The second-order valence-corrected chi connectivity index (χ2v) is 5.95. The SMILES string of the molecule is CN(c1ccc(CN)cc1)c1ccc(Br)s1. The molecule has 0 unspecified atom stereocenters. The predicted molar refractivity (Wildman–Crippen MR) is 74.4 cm³/mol. The number of anilines is 2. The summed E-state index contributed by atoms with van der Waals surface area (Å²) in [4.78, 5) is 2.16. The molecule has 0 bridgehead atoms. The first-order valence-corrected chi connectivity index (χ1v) is 6.60. The minimum atomic E-state index is 0.592. The molecule has 0 aliphatic heterocycles. The molecule has 0 aliphatic carbocycles. The lowest BCUT2D eigenvalue weighted by Crippen LogP contribution is -2.07. The van der Waals surface area contributed by atoms with Crippen LogP contribution in [0.25, 0.3) is 0 Å². The zero-order valence-corrected chi connectivity index (χ0v) is 11.4. The summed E-state index contributed by atoms with van der Waals surface area (Å²) in [6, 6.07) is 12.5. The molecule has 1 aromatic heterocycles. The molecule has 2 N–H and O–H groups in total. The lowest BCUT2D eigenvalue weighted by atomic mass is 10.2. The van der Waals surface area contributed by atoms with Crippen molar-refractivity contribution in [3.63, 3.8) is 0 Å². The van der Waals surface area contributed by atoms with Crippen molar-refractivity contribution in [2.24, 2.45) is 5.73 Å². The summed E-state index contributed by atoms with van der Waals surface area (Å²) < 4.78 is 1.15. The summed E-state index contributed by atoms with van der Waals surface area (Å²) in [5, 5.41) is 1.22. The Balaban J connectivity index is 2.23. The average Bonchev–Trinajstić information content (AvgIpc) is 2.75. The number of nitrogens with two attached hydrogens (primary N) is 1. The number of rotatable bonds is 3. The zero-order chi connectivity index (χ0) is 11.5. The molecule has 0 fully saturated rings. The highest BCUT2D eigenvalue weighted by molar-refractivity contribution is 9.11. The molecule has 16 heavy (non-hydrogen) atoms. The fourth-order valence-corrected chi connectivity index (χ4v) is 2.81. The first-order chi connectivity index (χ1) is 7.70. The van der Waals surface area contributed by atoms with Gasteiger partial charge in [-0.1, -0.05) is 12.1 Å². The van der Waals surface area contributed by atoms with Crippen LogP contribution >= 0.6 is 27.3 Å². The fourth-order valence-electron chi connectivity index (χ4n) is 1.47. The number of nitrogens with zero attached hydrogens (tertiary/aromatic N) is 1. The van der Waals surface area contributed by atoms with Crippen LogP contribution < -0.4 is 10.6 Å². The van der Waals surface area contributed by atoms with Crippen molar-refractivity contribution in [2.75, 3.05) is 11.9 Å². The van der Waals surface area contributed by atoms with E-state index in [4.69, 9.17) is 5.73 Å². The highest BCUT2D eigenvalue weighted by Crippen LogP contribution is 2.33.